The van der Waals surface area contributed by atoms with Crippen LogP contribution in [0.5, 0.6) is 5.75 Å². The summed E-state index contributed by atoms with van der Waals surface area (Å²) in [7, 11) is 1.59. The Morgan fingerprint density at radius 2 is 1.90 bits per heavy atom. The number of benzene rings is 2. The Labute approximate surface area is 121 Å². The average Bonchev–Trinajstić information content (AvgIpc) is 2.52. The first-order valence-electron chi connectivity index (χ1n) is 6.60. The molecule has 3 rings (SSSR count). The molecule has 2 atom stereocenters. The lowest BCUT2D eigenvalue weighted by atomic mass is 9.88. The molecular weight excluding hydrogens is 271 g/mol. The maximum atomic E-state index is 13.0. The third kappa shape index (κ3) is 2.25. The van der Waals surface area contributed by atoms with E-state index in [1.165, 1.54) is 12.1 Å². The number of carbonyl (C=O) groups excluding carboxylic acids is 1. The fourth-order valence-corrected chi connectivity index (χ4v) is 2.58. The van der Waals surface area contributed by atoms with E-state index in [4.69, 9.17) is 10.5 Å². The van der Waals surface area contributed by atoms with Crippen LogP contribution in [0.3, 0.4) is 0 Å². The molecule has 0 aromatic heterocycles. The summed E-state index contributed by atoms with van der Waals surface area (Å²) in [5.41, 5.74) is 7.47. The van der Waals surface area contributed by atoms with Crippen molar-refractivity contribution < 1.29 is 13.9 Å². The van der Waals surface area contributed by atoms with Gasteiger partial charge in [0.25, 0.3) is 0 Å². The zero-order valence-electron chi connectivity index (χ0n) is 11.5. The highest BCUT2D eigenvalue weighted by atomic mass is 19.1. The third-order valence-corrected chi connectivity index (χ3v) is 3.68. The maximum absolute atomic E-state index is 13.0. The standard InChI is InChI=1S/C16H15FN2O2/c1-21-13-4-2-3-10(9-13)15-14(18)16(20)19(15)12-7-5-11(17)6-8-12/h2-9,14-15H,18H2,1H3/t14-,15+/m1/s1. The molecule has 0 unspecified atom stereocenters. The second kappa shape index (κ2) is 5.18. The van der Waals surface area contributed by atoms with Crippen LogP contribution in [-0.2, 0) is 4.79 Å². The van der Waals surface area contributed by atoms with E-state index < -0.39 is 6.04 Å². The normalized spacial score (nSPS) is 21.1. The van der Waals surface area contributed by atoms with E-state index in [1.54, 1.807) is 24.1 Å². The minimum absolute atomic E-state index is 0.172. The molecule has 108 valence electrons. The van der Waals surface area contributed by atoms with Gasteiger partial charge in [-0.15, -0.1) is 0 Å². The van der Waals surface area contributed by atoms with Crippen LogP contribution in [0, 0.1) is 5.82 Å². The molecule has 1 heterocycles. The van der Waals surface area contributed by atoms with E-state index in [9.17, 15) is 9.18 Å². The molecule has 1 amide bonds. The van der Waals surface area contributed by atoms with Crippen molar-refractivity contribution >= 4 is 11.6 Å². The predicted octanol–water partition coefficient (Wildman–Crippen LogP) is 2.25. The lowest BCUT2D eigenvalue weighted by Crippen LogP contribution is -2.63. The predicted molar refractivity (Wildman–Crippen MR) is 77.6 cm³/mol. The zero-order chi connectivity index (χ0) is 15.0. The van der Waals surface area contributed by atoms with Gasteiger partial charge < -0.3 is 15.4 Å². The summed E-state index contributed by atoms with van der Waals surface area (Å²) in [6, 6.07) is 12.4. The molecule has 2 aromatic rings. The first-order chi connectivity index (χ1) is 10.1. The van der Waals surface area contributed by atoms with Crippen molar-refractivity contribution in [2.24, 2.45) is 5.73 Å². The summed E-state index contributed by atoms with van der Waals surface area (Å²) in [5, 5.41) is 0. The minimum Gasteiger partial charge on any atom is -0.497 e. The number of β-lactam (4-membered cyclic amide) rings is 1. The molecule has 1 saturated heterocycles. The number of nitrogens with two attached hydrogens (primary N) is 1. The number of hydrogen-bond acceptors (Lipinski definition) is 3. The van der Waals surface area contributed by atoms with Crippen molar-refractivity contribution in [2.75, 3.05) is 12.0 Å². The summed E-state index contributed by atoms with van der Waals surface area (Å²) in [5.74, 6) is 0.196. The summed E-state index contributed by atoms with van der Waals surface area (Å²) in [6.07, 6.45) is 0. The van der Waals surface area contributed by atoms with Gasteiger partial charge in [-0.25, -0.2) is 4.39 Å². The number of hydrogen-bond donors (Lipinski definition) is 1. The van der Waals surface area contributed by atoms with E-state index in [0.29, 0.717) is 11.4 Å². The maximum Gasteiger partial charge on any atom is 0.247 e. The van der Waals surface area contributed by atoms with E-state index >= 15 is 0 Å². The van der Waals surface area contributed by atoms with Crippen molar-refractivity contribution in [2.45, 2.75) is 12.1 Å². The van der Waals surface area contributed by atoms with Gasteiger partial charge in [0.05, 0.1) is 13.2 Å². The van der Waals surface area contributed by atoms with E-state index in [1.807, 2.05) is 24.3 Å². The zero-order valence-corrected chi connectivity index (χ0v) is 11.5. The molecule has 21 heavy (non-hydrogen) atoms. The van der Waals surface area contributed by atoms with Gasteiger partial charge in [-0.2, -0.15) is 0 Å². The fourth-order valence-electron chi connectivity index (χ4n) is 2.58. The number of carbonyl (C=O) groups is 1. The molecule has 0 radical (unpaired) electrons. The van der Waals surface area contributed by atoms with Gasteiger partial charge in [0.2, 0.25) is 5.91 Å². The van der Waals surface area contributed by atoms with Crippen LogP contribution in [0.25, 0.3) is 0 Å². The van der Waals surface area contributed by atoms with E-state index in [-0.39, 0.29) is 17.8 Å². The summed E-state index contributed by atoms with van der Waals surface area (Å²) < 4.78 is 18.2. The molecule has 0 bridgehead atoms. The number of ether oxygens (including phenoxy) is 1. The second-order valence-electron chi connectivity index (χ2n) is 4.93. The minimum atomic E-state index is -0.595. The van der Waals surface area contributed by atoms with Crippen molar-refractivity contribution in [3.8, 4) is 5.75 Å². The molecule has 0 aliphatic carbocycles. The van der Waals surface area contributed by atoms with Gasteiger partial charge in [-0.05, 0) is 42.0 Å². The van der Waals surface area contributed by atoms with Gasteiger partial charge in [-0.3, -0.25) is 4.79 Å². The van der Waals surface area contributed by atoms with Gasteiger partial charge >= 0.3 is 0 Å². The summed E-state index contributed by atoms with van der Waals surface area (Å²) >= 11 is 0. The number of rotatable bonds is 3. The molecule has 0 saturated carbocycles. The van der Waals surface area contributed by atoms with Gasteiger partial charge in [-0.1, -0.05) is 12.1 Å². The number of nitrogens with zero attached hydrogens (tertiary/aromatic N) is 1. The van der Waals surface area contributed by atoms with Crippen LogP contribution in [-0.4, -0.2) is 19.1 Å². The smallest absolute Gasteiger partial charge is 0.247 e. The molecule has 2 aromatic carbocycles. The molecule has 0 spiro atoms. The third-order valence-electron chi connectivity index (χ3n) is 3.68. The van der Waals surface area contributed by atoms with Crippen LogP contribution in [0.2, 0.25) is 0 Å². The van der Waals surface area contributed by atoms with Crippen molar-refractivity contribution in [1.29, 1.82) is 0 Å². The average molecular weight is 286 g/mol. The molecule has 4 nitrogen and oxygen atoms in total. The van der Waals surface area contributed by atoms with Crippen LogP contribution in [0.4, 0.5) is 10.1 Å². The van der Waals surface area contributed by atoms with Crippen LogP contribution >= 0.6 is 0 Å². The Morgan fingerprint density at radius 1 is 1.19 bits per heavy atom. The van der Waals surface area contributed by atoms with E-state index in [0.717, 1.165) is 5.56 Å². The van der Waals surface area contributed by atoms with Crippen LogP contribution in [0.15, 0.2) is 48.5 Å². The Balaban J connectivity index is 1.96. The summed E-state index contributed by atoms with van der Waals surface area (Å²) in [6.45, 7) is 0. The molecule has 2 N–H and O–H groups in total. The van der Waals surface area contributed by atoms with Crippen molar-refractivity contribution in [3.63, 3.8) is 0 Å². The number of halogens is 1. The molecule has 5 heteroatoms. The molecule has 1 aliphatic rings. The van der Waals surface area contributed by atoms with E-state index in [2.05, 4.69) is 0 Å². The lowest BCUT2D eigenvalue weighted by molar-refractivity contribution is -0.126. The summed E-state index contributed by atoms with van der Waals surface area (Å²) in [4.78, 5) is 13.6. The SMILES string of the molecule is COc1cccc([C@H]2[C@@H](N)C(=O)N2c2ccc(F)cc2)c1. The topological polar surface area (TPSA) is 55.6 Å². The van der Waals surface area contributed by atoms with Gasteiger partial charge in [0.15, 0.2) is 0 Å². The number of anilines is 1. The highest BCUT2D eigenvalue weighted by Crippen LogP contribution is 2.38. The lowest BCUT2D eigenvalue weighted by Gasteiger charge is -2.45. The Bertz CT molecular complexity index is 672. The van der Waals surface area contributed by atoms with Gasteiger partial charge in [0.1, 0.15) is 17.6 Å². The Kier molecular flexibility index (Phi) is 3.35. The highest BCUT2D eigenvalue weighted by Gasteiger charge is 2.46. The quantitative estimate of drug-likeness (QED) is 0.880. The van der Waals surface area contributed by atoms with Crippen molar-refractivity contribution in [3.05, 3.63) is 59.9 Å². The largest absolute Gasteiger partial charge is 0.497 e. The molecule has 1 aliphatic heterocycles. The molecule has 1 fully saturated rings. The number of methoxy groups -OCH3 is 1. The Hall–Kier alpha value is -2.40. The van der Waals surface area contributed by atoms with Gasteiger partial charge in [0, 0.05) is 5.69 Å². The first kappa shape index (κ1) is 13.6. The number of amides is 1. The first-order valence-corrected chi connectivity index (χ1v) is 6.60. The van der Waals surface area contributed by atoms with Crippen molar-refractivity contribution in [1.82, 2.24) is 0 Å². The highest BCUT2D eigenvalue weighted by molar-refractivity contribution is 6.05. The van der Waals surface area contributed by atoms with Crippen LogP contribution in [0.1, 0.15) is 11.6 Å². The van der Waals surface area contributed by atoms with Crippen LogP contribution < -0.4 is 15.4 Å². The molecular formula is C16H15FN2O2. The Morgan fingerprint density at radius 3 is 2.57 bits per heavy atom. The monoisotopic (exact) mass is 286 g/mol. The fraction of sp³-hybridized carbons (Fsp3) is 0.188. The second-order valence-corrected chi connectivity index (χ2v) is 4.93.